The van der Waals surface area contributed by atoms with Gasteiger partial charge in [0.1, 0.15) is 23.0 Å². The van der Waals surface area contributed by atoms with Crippen LogP contribution in [0.2, 0.25) is 0 Å². The molecule has 0 heterocycles. The molecule has 0 aliphatic heterocycles. The van der Waals surface area contributed by atoms with Gasteiger partial charge in [-0.05, 0) is 70.7 Å². The Balaban J connectivity index is 1.58. The first-order valence-corrected chi connectivity index (χ1v) is 16.3. The standard InChI is InChI=1S/C33H36O4P2/c1-34-25-13-5-9-17-29(25)38(30-18-10-6-14-26(30)35-2)23-33(21-22-33)24-39(31-19-11-7-15-27(31)36-3)32-20-12-8-16-28(32)37-4/h5-20H,21-24H2,1-4H3. The highest BCUT2D eigenvalue weighted by Gasteiger charge is 2.47. The van der Waals surface area contributed by atoms with Gasteiger partial charge >= 0.3 is 0 Å². The molecule has 0 N–H and O–H groups in total. The van der Waals surface area contributed by atoms with E-state index in [0.717, 1.165) is 35.3 Å². The summed E-state index contributed by atoms with van der Waals surface area (Å²) in [5.41, 5.74) is 0.209. The lowest BCUT2D eigenvalue weighted by Crippen LogP contribution is -2.26. The number of rotatable bonds is 12. The van der Waals surface area contributed by atoms with Gasteiger partial charge in [-0.1, -0.05) is 72.8 Å². The normalized spacial score (nSPS) is 13.8. The molecule has 4 aromatic carbocycles. The molecule has 6 heteroatoms. The minimum Gasteiger partial charge on any atom is -0.496 e. The Morgan fingerprint density at radius 1 is 0.462 bits per heavy atom. The Morgan fingerprint density at radius 3 is 0.949 bits per heavy atom. The van der Waals surface area contributed by atoms with E-state index in [1.165, 1.54) is 34.1 Å². The molecule has 0 amide bonds. The number of hydrogen-bond donors (Lipinski definition) is 0. The summed E-state index contributed by atoms with van der Waals surface area (Å²) in [5, 5.41) is 5.07. The smallest absolute Gasteiger partial charge is 0.126 e. The molecular weight excluding hydrogens is 522 g/mol. The third-order valence-electron chi connectivity index (χ3n) is 7.45. The average Bonchev–Trinajstić information content (AvgIpc) is 3.78. The highest BCUT2D eigenvalue weighted by Crippen LogP contribution is 2.61. The third kappa shape index (κ3) is 5.93. The van der Waals surface area contributed by atoms with Gasteiger partial charge in [0.15, 0.2) is 0 Å². The zero-order chi connectivity index (χ0) is 27.2. The summed E-state index contributed by atoms with van der Waals surface area (Å²) in [4.78, 5) is 0. The van der Waals surface area contributed by atoms with Gasteiger partial charge in [-0.15, -0.1) is 0 Å². The Hall–Kier alpha value is -3.06. The second kappa shape index (κ2) is 12.4. The molecule has 1 aliphatic carbocycles. The maximum atomic E-state index is 5.88. The van der Waals surface area contributed by atoms with Crippen LogP contribution in [0.3, 0.4) is 0 Å². The molecular formula is C33H36O4P2. The van der Waals surface area contributed by atoms with Crippen molar-refractivity contribution >= 4 is 37.1 Å². The fourth-order valence-corrected chi connectivity index (χ4v) is 11.6. The Morgan fingerprint density at radius 2 is 0.718 bits per heavy atom. The lowest BCUT2D eigenvalue weighted by molar-refractivity contribution is 0.417. The van der Waals surface area contributed by atoms with E-state index in [2.05, 4.69) is 72.8 Å². The van der Waals surface area contributed by atoms with E-state index in [9.17, 15) is 0 Å². The molecule has 0 spiro atoms. The SMILES string of the molecule is COc1ccccc1P(CC1(CP(c2ccccc2OC)c2ccccc2OC)CC1)c1ccccc1OC. The highest BCUT2D eigenvalue weighted by atomic mass is 31.1. The number of ether oxygens (including phenoxy) is 4. The molecule has 0 atom stereocenters. The summed E-state index contributed by atoms with van der Waals surface area (Å²) in [6, 6.07) is 33.9. The van der Waals surface area contributed by atoms with Gasteiger partial charge in [0.05, 0.1) is 28.4 Å². The molecule has 0 unspecified atom stereocenters. The summed E-state index contributed by atoms with van der Waals surface area (Å²) in [5.74, 6) is 3.79. The van der Waals surface area contributed by atoms with Crippen molar-refractivity contribution in [2.24, 2.45) is 5.41 Å². The van der Waals surface area contributed by atoms with E-state index in [1.807, 2.05) is 24.3 Å². The molecule has 0 aromatic heterocycles. The Labute approximate surface area is 234 Å². The van der Waals surface area contributed by atoms with Gasteiger partial charge in [-0.25, -0.2) is 0 Å². The molecule has 0 bridgehead atoms. The van der Waals surface area contributed by atoms with E-state index in [4.69, 9.17) is 18.9 Å². The van der Waals surface area contributed by atoms with Crippen molar-refractivity contribution in [2.75, 3.05) is 40.8 Å². The molecule has 202 valence electrons. The van der Waals surface area contributed by atoms with Crippen molar-refractivity contribution < 1.29 is 18.9 Å². The summed E-state index contributed by atoms with van der Waals surface area (Å²) in [7, 11) is 5.63. The number of methoxy groups -OCH3 is 4. The van der Waals surface area contributed by atoms with Gasteiger partial charge in [0.2, 0.25) is 0 Å². The second-order valence-electron chi connectivity index (χ2n) is 9.86. The topological polar surface area (TPSA) is 36.9 Å². The molecule has 1 aliphatic rings. The van der Waals surface area contributed by atoms with Crippen molar-refractivity contribution in [2.45, 2.75) is 12.8 Å². The second-order valence-corrected chi connectivity index (χ2v) is 14.1. The molecule has 5 rings (SSSR count). The summed E-state index contributed by atoms with van der Waals surface area (Å²) in [6.45, 7) is 0. The highest BCUT2D eigenvalue weighted by molar-refractivity contribution is 7.74. The fourth-order valence-electron chi connectivity index (χ4n) is 5.23. The monoisotopic (exact) mass is 558 g/mol. The minimum absolute atomic E-state index is 0.209. The number of benzene rings is 4. The van der Waals surface area contributed by atoms with Gasteiger partial charge in [0, 0.05) is 21.2 Å². The zero-order valence-corrected chi connectivity index (χ0v) is 24.9. The van der Waals surface area contributed by atoms with Crippen LogP contribution in [-0.4, -0.2) is 40.8 Å². The maximum Gasteiger partial charge on any atom is 0.126 e. The predicted octanol–water partition coefficient (Wildman–Crippen LogP) is 6.07. The minimum atomic E-state index is -0.723. The van der Waals surface area contributed by atoms with E-state index >= 15 is 0 Å². The van der Waals surface area contributed by atoms with Gasteiger partial charge in [0.25, 0.3) is 0 Å². The summed E-state index contributed by atoms with van der Waals surface area (Å²) < 4.78 is 23.5. The van der Waals surface area contributed by atoms with E-state index < -0.39 is 15.8 Å². The molecule has 1 fully saturated rings. The fraction of sp³-hybridized carbons (Fsp3) is 0.273. The Kier molecular flexibility index (Phi) is 8.75. The van der Waals surface area contributed by atoms with Crippen LogP contribution >= 0.6 is 15.8 Å². The van der Waals surface area contributed by atoms with Gasteiger partial charge < -0.3 is 18.9 Å². The van der Waals surface area contributed by atoms with Crippen molar-refractivity contribution in [3.05, 3.63) is 97.1 Å². The van der Waals surface area contributed by atoms with Crippen LogP contribution in [0, 0.1) is 5.41 Å². The first kappa shape index (κ1) is 27.5. The van der Waals surface area contributed by atoms with Crippen LogP contribution in [0.1, 0.15) is 12.8 Å². The first-order chi connectivity index (χ1) is 19.1. The van der Waals surface area contributed by atoms with Gasteiger partial charge in [-0.2, -0.15) is 0 Å². The molecule has 4 aromatic rings. The molecule has 1 saturated carbocycles. The van der Waals surface area contributed by atoms with E-state index in [-0.39, 0.29) is 5.41 Å². The van der Waals surface area contributed by atoms with Crippen molar-refractivity contribution in [1.29, 1.82) is 0 Å². The summed E-state index contributed by atoms with van der Waals surface area (Å²) >= 11 is 0. The van der Waals surface area contributed by atoms with Crippen molar-refractivity contribution in [3.8, 4) is 23.0 Å². The van der Waals surface area contributed by atoms with Crippen molar-refractivity contribution in [3.63, 3.8) is 0 Å². The van der Waals surface area contributed by atoms with Crippen LogP contribution in [0.4, 0.5) is 0 Å². The van der Waals surface area contributed by atoms with E-state index in [0.29, 0.717) is 0 Å². The predicted molar refractivity (Wildman–Crippen MR) is 166 cm³/mol. The largest absolute Gasteiger partial charge is 0.496 e. The first-order valence-electron chi connectivity index (χ1n) is 13.2. The maximum absolute atomic E-state index is 5.88. The number of hydrogen-bond acceptors (Lipinski definition) is 4. The van der Waals surface area contributed by atoms with Gasteiger partial charge in [-0.3, -0.25) is 0 Å². The average molecular weight is 559 g/mol. The molecule has 4 nitrogen and oxygen atoms in total. The quantitative estimate of drug-likeness (QED) is 0.198. The van der Waals surface area contributed by atoms with Crippen LogP contribution < -0.4 is 40.2 Å². The lowest BCUT2D eigenvalue weighted by atomic mass is 10.2. The van der Waals surface area contributed by atoms with E-state index in [1.54, 1.807) is 28.4 Å². The lowest BCUT2D eigenvalue weighted by Gasteiger charge is -2.31. The number of para-hydroxylation sites is 4. The molecule has 0 radical (unpaired) electrons. The summed E-state index contributed by atoms with van der Waals surface area (Å²) in [6.07, 6.45) is 4.57. The molecule has 0 saturated heterocycles. The Bertz CT molecular complexity index is 1200. The van der Waals surface area contributed by atoms with Crippen molar-refractivity contribution in [1.82, 2.24) is 0 Å². The van der Waals surface area contributed by atoms with Crippen LogP contribution in [-0.2, 0) is 0 Å². The zero-order valence-electron chi connectivity index (χ0n) is 23.1. The third-order valence-corrected chi connectivity index (χ3v) is 13.2. The van der Waals surface area contributed by atoms with Crippen LogP contribution in [0.5, 0.6) is 23.0 Å². The van der Waals surface area contributed by atoms with Crippen LogP contribution in [0.25, 0.3) is 0 Å². The molecule has 39 heavy (non-hydrogen) atoms. The van der Waals surface area contributed by atoms with Crippen LogP contribution in [0.15, 0.2) is 97.1 Å².